The van der Waals surface area contributed by atoms with Crippen molar-refractivity contribution >= 4 is 11.2 Å². The topological polar surface area (TPSA) is 94.4 Å². The van der Waals surface area contributed by atoms with Crippen LogP contribution in [-0.2, 0) is 6.42 Å². The molecule has 0 aromatic carbocycles. The van der Waals surface area contributed by atoms with E-state index in [0.717, 1.165) is 12.2 Å². The summed E-state index contributed by atoms with van der Waals surface area (Å²) in [5, 5.41) is 0. The zero-order valence-corrected chi connectivity index (χ0v) is 10.1. The molecule has 0 spiro atoms. The average Bonchev–Trinajstić information content (AvgIpc) is 2.73. The molecule has 6 heteroatoms. The van der Waals surface area contributed by atoms with E-state index in [9.17, 15) is 9.59 Å². The van der Waals surface area contributed by atoms with Crippen molar-refractivity contribution in [2.75, 3.05) is 0 Å². The third-order valence-corrected chi connectivity index (χ3v) is 3.65. The maximum absolute atomic E-state index is 11.6. The highest BCUT2D eigenvalue weighted by Gasteiger charge is 2.16. The molecule has 3 N–H and O–H groups in total. The summed E-state index contributed by atoms with van der Waals surface area (Å²) < 4.78 is 0. The maximum Gasteiger partial charge on any atom is 0.327 e. The maximum atomic E-state index is 11.6. The van der Waals surface area contributed by atoms with E-state index in [4.69, 9.17) is 0 Å². The number of imidazole rings is 1. The Kier molecular flexibility index (Phi) is 2.77. The molecule has 0 aliphatic heterocycles. The molecule has 0 unspecified atom stereocenters. The molecule has 2 heterocycles. The van der Waals surface area contributed by atoms with Crippen LogP contribution < -0.4 is 11.2 Å². The zero-order valence-electron chi connectivity index (χ0n) is 10.1. The van der Waals surface area contributed by atoms with Crippen molar-refractivity contribution in [1.29, 1.82) is 0 Å². The van der Waals surface area contributed by atoms with Gasteiger partial charge in [0.05, 0.1) is 0 Å². The highest BCUT2D eigenvalue weighted by atomic mass is 16.2. The van der Waals surface area contributed by atoms with Crippen LogP contribution in [0, 0.1) is 5.92 Å². The Bertz CT molecular complexity index is 661. The van der Waals surface area contributed by atoms with Crippen molar-refractivity contribution in [2.45, 2.75) is 38.5 Å². The molecule has 0 atom stereocenters. The summed E-state index contributed by atoms with van der Waals surface area (Å²) in [4.78, 5) is 34.7. The summed E-state index contributed by atoms with van der Waals surface area (Å²) in [5.41, 5.74) is -0.200. The lowest BCUT2D eigenvalue weighted by atomic mass is 9.87. The number of aromatic nitrogens is 4. The smallest absolute Gasteiger partial charge is 0.327 e. The van der Waals surface area contributed by atoms with E-state index in [0.29, 0.717) is 17.1 Å². The summed E-state index contributed by atoms with van der Waals surface area (Å²) in [6.07, 6.45) is 7.19. The molecule has 0 radical (unpaired) electrons. The van der Waals surface area contributed by atoms with E-state index in [1.807, 2.05) is 0 Å². The Morgan fingerprint density at radius 3 is 2.61 bits per heavy atom. The van der Waals surface area contributed by atoms with Crippen LogP contribution in [0.4, 0.5) is 0 Å². The number of fused-ring (bicyclic) bond motifs is 1. The van der Waals surface area contributed by atoms with E-state index in [2.05, 4.69) is 19.9 Å². The normalized spacial score (nSPS) is 17.3. The van der Waals surface area contributed by atoms with Gasteiger partial charge in [-0.2, -0.15) is 0 Å². The zero-order chi connectivity index (χ0) is 12.5. The Labute approximate surface area is 103 Å². The van der Waals surface area contributed by atoms with Gasteiger partial charge in [0.2, 0.25) is 0 Å². The van der Waals surface area contributed by atoms with Crippen molar-refractivity contribution in [2.24, 2.45) is 5.92 Å². The van der Waals surface area contributed by atoms with Crippen LogP contribution in [0.1, 0.15) is 37.9 Å². The number of nitrogens with one attached hydrogen (secondary N) is 3. The van der Waals surface area contributed by atoms with Crippen LogP contribution in [0.15, 0.2) is 9.59 Å². The second kappa shape index (κ2) is 4.44. The summed E-state index contributed by atoms with van der Waals surface area (Å²) in [6.45, 7) is 0. The molecule has 1 aliphatic rings. The fourth-order valence-corrected chi connectivity index (χ4v) is 2.74. The molecule has 0 saturated heterocycles. The molecule has 96 valence electrons. The molecule has 2 aromatic heterocycles. The van der Waals surface area contributed by atoms with Crippen molar-refractivity contribution in [1.82, 2.24) is 19.9 Å². The molecule has 0 amide bonds. The minimum Gasteiger partial charge on any atom is -0.336 e. The van der Waals surface area contributed by atoms with Crippen molar-refractivity contribution < 1.29 is 0 Å². The highest BCUT2D eigenvalue weighted by molar-refractivity contribution is 5.68. The van der Waals surface area contributed by atoms with Gasteiger partial charge in [-0.15, -0.1) is 0 Å². The lowest BCUT2D eigenvalue weighted by molar-refractivity contribution is 0.352. The summed E-state index contributed by atoms with van der Waals surface area (Å²) in [7, 11) is 0. The van der Waals surface area contributed by atoms with Crippen LogP contribution in [-0.4, -0.2) is 19.9 Å². The van der Waals surface area contributed by atoms with E-state index in [1.165, 1.54) is 32.1 Å². The number of hydrogen-bond donors (Lipinski definition) is 3. The van der Waals surface area contributed by atoms with Crippen LogP contribution in [0.2, 0.25) is 0 Å². The molecule has 18 heavy (non-hydrogen) atoms. The number of H-pyrrole nitrogens is 3. The van der Waals surface area contributed by atoms with Crippen molar-refractivity contribution in [3.63, 3.8) is 0 Å². The summed E-state index contributed by atoms with van der Waals surface area (Å²) in [5.74, 6) is 1.44. The SMILES string of the molecule is O=c1[nH]c(=O)c2[nH]c(CC3CCCCC3)nc2[nH]1. The van der Waals surface area contributed by atoms with Gasteiger partial charge in [0.25, 0.3) is 5.56 Å². The number of nitrogens with zero attached hydrogens (tertiary/aromatic N) is 1. The fourth-order valence-electron chi connectivity index (χ4n) is 2.74. The molecule has 2 aromatic rings. The third kappa shape index (κ3) is 2.10. The first kappa shape index (κ1) is 11.3. The van der Waals surface area contributed by atoms with E-state index in [-0.39, 0.29) is 0 Å². The largest absolute Gasteiger partial charge is 0.336 e. The quantitative estimate of drug-likeness (QED) is 0.741. The van der Waals surface area contributed by atoms with Gasteiger partial charge in [-0.25, -0.2) is 9.78 Å². The molecule has 1 fully saturated rings. The molecular weight excluding hydrogens is 232 g/mol. The Morgan fingerprint density at radius 2 is 1.83 bits per heavy atom. The lowest BCUT2D eigenvalue weighted by Gasteiger charge is -2.20. The summed E-state index contributed by atoms with van der Waals surface area (Å²) in [6, 6.07) is 0. The first-order valence-electron chi connectivity index (χ1n) is 6.43. The van der Waals surface area contributed by atoms with Gasteiger partial charge in [-0.05, 0) is 5.92 Å². The molecular formula is C12H16N4O2. The second-order valence-corrected chi connectivity index (χ2v) is 5.02. The second-order valence-electron chi connectivity index (χ2n) is 5.02. The minimum absolute atomic E-state index is 0.356. The highest BCUT2D eigenvalue weighted by Crippen LogP contribution is 2.26. The Morgan fingerprint density at radius 1 is 1.06 bits per heavy atom. The van der Waals surface area contributed by atoms with Crippen LogP contribution in [0.3, 0.4) is 0 Å². The average molecular weight is 248 g/mol. The monoisotopic (exact) mass is 248 g/mol. The molecule has 0 bridgehead atoms. The van der Waals surface area contributed by atoms with Gasteiger partial charge in [0, 0.05) is 6.42 Å². The van der Waals surface area contributed by atoms with Crippen LogP contribution in [0.5, 0.6) is 0 Å². The standard InChI is InChI=1S/C12H16N4O2/c17-11-9-10(15-12(18)16-11)14-8(13-9)6-7-4-2-1-3-5-7/h7H,1-6H2,(H3,13,14,15,16,17,18). The molecule has 1 saturated carbocycles. The van der Waals surface area contributed by atoms with Gasteiger partial charge in [0.1, 0.15) is 11.3 Å². The molecule has 6 nitrogen and oxygen atoms in total. The molecule has 3 rings (SSSR count). The van der Waals surface area contributed by atoms with Gasteiger partial charge < -0.3 is 4.98 Å². The predicted octanol–water partition coefficient (Wildman–Crippen LogP) is 1.06. The first-order valence-corrected chi connectivity index (χ1v) is 6.43. The third-order valence-electron chi connectivity index (χ3n) is 3.65. The van der Waals surface area contributed by atoms with Crippen LogP contribution >= 0.6 is 0 Å². The summed E-state index contributed by atoms with van der Waals surface area (Å²) >= 11 is 0. The first-order chi connectivity index (χ1) is 8.72. The van der Waals surface area contributed by atoms with Crippen molar-refractivity contribution in [3.05, 3.63) is 26.7 Å². The van der Waals surface area contributed by atoms with E-state index >= 15 is 0 Å². The molecule has 1 aliphatic carbocycles. The Balaban J connectivity index is 1.91. The van der Waals surface area contributed by atoms with Gasteiger partial charge in [-0.1, -0.05) is 32.1 Å². The number of rotatable bonds is 2. The Hall–Kier alpha value is -1.85. The van der Waals surface area contributed by atoms with Gasteiger partial charge in [0.15, 0.2) is 5.65 Å². The minimum atomic E-state index is -0.511. The number of aromatic amines is 3. The number of hydrogen-bond acceptors (Lipinski definition) is 3. The van der Waals surface area contributed by atoms with E-state index < -0.39 is 11.2 Å². The van der Waals surface area contributed by atoms with Crippen molar-refractivity contribution in [3.8, 4) is 0 Å². The van der Waals surface area contributed by atoms with Gasteiger partial charge >= 0.3 is 5.69 Å². The lowest BCUT2D eigenvalue weighted by Crippen LogP contribution is -2.21. The fraction of sp³-hybridized carbons (Fsp3) is 0.583. The van der Waals surface area contributed by atoms with Crippen LogP contribution in [0.25, 0.3) is 11.2 Å². The predicted molar refractivity (Wildman–Crippen MR) is 67.6 cm³/mol. The van der Waals surface area contributed by atoms with E-state index in [1.54, 1.807) is 0 Å². The van der Waals surface area contributed by atoms with Gasteiger partial charge in [-0.3, -0.25) is 14.8 Å².